The van der Waals surface area contributed by atoms with E-state index < -0.39 is 0 Å². The summed E-state index contributed by atoms with van der Waals surface area (Å²) in [7, 11) is 0. The van der Waals surface area contributed by atoms with Crippen LogP contribution in [0.1, 0.15) is 25.3 Å². The normalized spacial score (nSPS) is 16.1. The summed E-state index contributed by atoms with van der Waals surface area (Å²) in [5.74, 6) is 0.776. The molecule has 1 saturated heterocycles. The zero-order chi connectivity index (χ0) is 12.6. The predicted molar refractivity (Wildman–Crippen MR) is 72.8 cm³/mol. The Morgan fingerprint density at radius 2 is 2.22 bits per heavy atom. The van der Waals surface area contributed by atoms with Crippen molar-refractivity contribution in [2.75, 3.05) is 32.8 Å². The van der Waals surface area contributed by atoms with Crippen molar-refractivity contribution in [2.45, 2.75) is 26.3 Å². The summed E-state index contributed by atoms with van der Waals surface area (Å²) in [6.07, 6.45) is 4.45. The molecule has 1 aliphatic heterocycles. The highest BCUT2D eigenvalue weighted by atomic mass is 16.5. The molecule has 1 aromatic heterocycles. The molecule has 1 aromatic rings. The maximum absolute atomic E-state index is 5.80. The van der Waals surface area contributed by atoms with Crippen LogP contribution in [-0.2, 0) is 6.54 Å². The molecule has 0 atom stereocenters. The maximum Gasteiger partial charge on any atom is 0.217 e. The Balaban J connectivity index is 1.79. The number of pyridine rings is 1. The molecule has 0 saturated carbocycles. The minimum atomic E-state index is 0.732. The molecule has 4 nitrogen and oxygen atoms in total. The number of aromatic nitrogens is 1. The van der Waals surface area contributed by atoms with E-state index >= 15 is 0 Å². The molecule has 4 heteroatoms. The van der Waals surface area contributed by atoms with E-state index in [1.165, 1.54) is 25.9 Å². The lowest BCUT2D eigenvalue weighted by Crippen LogP contribution is -2.25. The molecule has 0 unspecified atom stereocenters. The highest BCUT2D eigenvalue weighted by molar-refractivity contribution is 5.25. The Kier molecular flexibility index (Phi) is 5.42. The first kappa shape index (κ1) is 13.3. The Morgan fingerprint density at radius 1 is 1.39 bits per heavy atom. The van der Waals surface area contributed by atoms with Crippen LogP contribution in [0.15, 0.2) is 18.3 Å². The van der Waals surface area contributed by atoms with Gasteiger partial charge in [0, 0.05) is 24.8 Å². The fourth-order valence-corrected chi connectivity index (χ4v) is 2.23. The molecule has 1 aliphatic rings. The molecule has 0 amide bonds. The molecule has 1 N–H and O–H groups in total. The first-order valence-corrected chi connectivity index (χ1v) is 6.90. The third-order valence-corrected chi connectivity index (χ3v) is 3.26. The van der Waals surface area contributed by atoms with Crippen LogP contribution in [0, 0.1) is 0 Å². The van der Waals surface area contributed by atoms with Crippen molar-refractivity contribution >= 4 is 0 Å². The summed E-state index contributed by atoms with van der Waals surface area (Å²) in [5, 5.41) is 3.31. The van der Waals surface area contributed by atoms with Crippen LogP contribution in [0.4, 0.5) is 0 Å². The molecule has 2 heterocycles. The van der Waals surface area contributed by atoms with Gasteiger partial charge in [-0.3, -0.25) is 4.90 Å². The fourth-order valence-electron chi connectivity index (χ4n) is 2.23. The van der Waals surface area contributed by atoms with Gasteiger partial charge in [-0.25, -0.2) is 4.98 Å². The monoisotopic (exact) mass is 249 g/mol. The summed E-state index contributed by atoms with van der Waals surface area (Å²) in [4.78, 5) is 6.77. The van der Waals surface area contributed by atoms with Gasteiger partial charge < -0.3 is 10.1 Å². The van der Waals surface area contributed by atoms with Gasteiger partial charge >= 0.3 is 0 Å². The van der Waals surface area contributed by atoms with Crippen molar-refractivity contribution < 1.29 is 4.74 Å². The van der Waals surface area contributed by atoms with E-state index in [9.17, 15) is 0 Å². The van der Waals surface area contributed by atoms with Gasteiger partial charge in [0.25, 0.3) is 0 Å². The van der Waals surface area contributed by atoms with Crippen LogP contribution < -0.4 is 10.1 Å². The van der Waals surface area contributed by atoms with Gasteiger partial charge in [-0.2, -0.15) is 0 Å². The first-order chi connectivity index (χ1) is 8.90. The summed E-state index contributed by atoms with van der Waals surface area (Å²) in [6, 6.07) is 4.03. The lowest BCUT2D eigenvalue weighted by atomic mass is 10.2. The zero-order valence-corrected chi connectivity index (χ0v) is 11.2. The van der Waals surface area contributed by atoms with E-state index in [1.807, 2.05) is 6.07 Å². The molecular weight excluding hydrogens is 226 g/mol. The Labute approximate surface area is 109 Å². The molecular formula is C14H23N3O. The fraction of sp³-hybridized carbons (Fsp3) is 0.643. The largest absolute Gasteiger partial charge is 0.476 e. The molecule has 1 fully saturated rings. The van der Waals surface area contributed by atoms with E-state index in [0.29, 0.717) is 0 Å². The number of hydrogen-bond donors (Lipinski definition) is 1. The van der Waals surface area contributed by atoms with Gasteiger partial charge in [0.2, 0.25) is 5.88 Å². The van der Waals surface area contributed by atoms with Gasteiger partial charge in [-0.05, 0) is 38.5 Å². The molecule has 0 aliphatic carbocycles. The second-order valence-corrected chi connectivity index (χ2v) is 4.65. The van der Waals surface area contributed by atoms with Gasteiger partial charge in [0.05, 0.1) is 0 Å². The topological polar surface area (TPSA) is 37.4 Å². The van der Waals surface area contributed by atoms with Crippen molar-refractivity contribution in [3.05, 3.63) is 23.9 Å². The van der Waals surface area contributed by atoms with Crippen LogP contribution in [0.3, 0.4) is 0 Å². The smallest absolute Gasteiger partial charge is 0.217 e. The quantitative estimate of drug-likeness (QED) is 0.797. The summed E-state index contributed by atoms with van der Waals surface area (Å²) in [5.41, 5.74) is 1.14. The second-order valence-electron chi connectivity index (χ2n) is 4.65. The standard InChI is InChI=1S/C14H23N3O/c1-2-15-12-13-6-5-7-16-14(13)18-11-10-17-8-3-4-9-17/h5-7,15H,2-4,8-12H2,1H3. The van der Waals surface area contributed by atoms with Crippen molar-refractivity contribution in [3.8, 4) is 5.88 Å². The van der Waals surface area contributed by atoms with Crippen LogP contribution in [-0.4, -0.2) is 42.7 Å². The molecule has 0 spiro atoms. The Bertz CT molecular complexity index is 351. The van der Waals surface area contributed by atoms with Crippen LogP contribution in [0.2, 0.25) is 0 Å². The molecule has 0 radical (unpaired) electrons. The number of rotatable bonds is 7. The predicted octanol–water partition coefficient (Wildman–Crippen LogP) is 1.67. The third-order valence-electron chi connectivity index (χ3n) is 3.26. The SMILES string of the molecule is CCNCc1cccnc1OCCN1CCCC1. The molecule has 0 aromatic carbocycles. The maximum atomic E-state index is 5.80. The van der Waals surface area contributed by atoms with Gasteiger partial charge in [-0.1, -0.05) is 13.0 Å². The summed E-state index contributed by atoms with van der Waals surface area (Å²) < 4.78 is 5.80. The average Bonchev–Trinajstić information content (AvgIpc) is 2.91. The van der Waals surface area contributed by atoms with E-state index in [2.05, 4.69) is 28.2 Å². The highest BCUT2D eigenvalue weighted by Crippen LogP contribution is 2.14. The number of ether oxygens (including phenoxy) is 1. The number of nitrogens with zero attached hydrogens (tertiary/aromatic N) is 2. The van der Waals surface area contributed by atoms with Gasteiger partial charge in [0.1, 0.15) is 6.61 Å². The minimum Gasteiger partial charge on any atom is -0.476 e. The Hall–Kier alpha value is -1.13. The van der Waals surface area contributed by atoms with E-state index in [0.717, 1.165) is 37.7 Å². The summed E-state index contributed by atoms with van der Waals surface area (Å²) in [6.45, 7) is 8.06. The zero-order valence-electron chi connectivity index (χ0n) is 11.2. The molecule has 18 heavy (non-hydrogen) atoms. The average molecular weight is 249 g/mol. The van der Waals surface area contributed by atoms with Crippen molar-refractivity contribution in [1.29, 1.82) is 0 Å². The summed E-state index contributed by atoms with van der Waals surface area (Å²) >= 11 is 0. The number of nitrogens with one attached hydrogen (secondary N) is 1. The minimum absolute atomic E-state index is 0.732. The lowest BCUT2D eigenvalue weighted by molar-refractivity contribution is 0.230. The van der Waals surface area contributed by atoms with Crippen LogP contribution in [0.5, 0.6) is 5.88 Å². The van der Waals surface area contributed by atoms with Crippen molar-refractivity contribution in [3.63, 3.8) is 0 Å². The first-order valence-electron chi connectivity index (χ1n) is 6.90. The van der Waals surface area contributed by atoms with Gasteiger partial charge in [-0.15, -0.1) is 0 Å². The molecule has 2 rings (SSSR count). The van der Waals surface area contributed by atoms with E-state index in [-0.39, 0.29) is 0 Å². The number of likely N-dealkylation sites (tertiary alicyclic amines) is 1. The van der Waals surface area contributed by atoms with Crippen LogP contribution in [0.25, 0.3) is 0 Å². The van der Waals surface area contributed by atoms with E-state index in [1.54, 1.807) is 6.20 Å². The van der Waals surface area contributed by atoms with Crippen molar-refractivity contribution in [2.24, 2.45) is 0 Å². The molecule has 0 bridgehead atoms. The lowest BCUT2D eigenvalue weighted by Gasteiger charge is -2.15. The van der Waals surface area contributed by atoms with E-state index in [4.69, 9.17) is 4.74 Å². The highest BCUT2D eigenvalue weighted by Gasteiger charge is 2.11. The molecule has 100 valence electrons. The Morgan fingerprint density at radius 3 is 3.00 bits per heavy atom. The number of hydrogen-bond acceptors (Lipinski definition) is 4. The van der Waals surface area contributed by atoms with Crippen molar-refractivity contribution in [1.82, 2.24) is 15.2 Å². The van der Waals surface area contributed by atoms with Gasteiger partial charge in [0.15, 0.2) is 0 Å². The second kappa shape index (κ2) is 7.34. The van der Waals surface area contributed by atoms with Crippen LogP contribution >= 0.6 is 0 Å². The third kappa shape index (κ3) is 3.96.